The third-order valence-corrected chi connectivity index (χ3v) is 4.57. The number of aryl methyl sites for hydroxylation is 1. The summed E-state index contributed by atoms with van der Waals surface area (Å²) < 4.78 is 2.40. The molecule has 1 fully saturated rings. The lowest BCUT2D eigenvalue weighted by Crippen LogP contribution is -2.24. The van der Waals surface area contributed by atoms with Crippen LogP contribution in [0.1, 0.15) is 70.6 Å². The van der Waals surface area contributed by atoms with E-state index in [-0.39, 0.29) is 6.04 Å². The molecule has 1 aliphatic carbocycles. The third-order valence-electron chi connectivity index (χ3n) is 4.57. The van der Waals surface area contributed by atoms with Crippen LogP contribution in [0.5, 0.6) is 0 Å². The Labute approximate surface area is 111 Å². The Morgan fingerprint density at radius 1 is 1.39 bits per heavy atom. The summed E-state index contributed by atoms with van der Waals surface area (Å²) >= 11 is 0. The maximum absolute atomic E-state index is 5.95. The Morgan fingerprint density at radius 3 is 2.67 bits per heavy atom. The second-order valence-electron chi connectivity index (χ2n) is 6.05. The van der Waals surface area contributed by atoms with Crippen molar-refractivity contribution in [3.63, 3.8) is 0 Å². The van der Waals surface area contributed by atoms with Crippen LogP contribution in [0.2, 0.25) is 0 Å². The smallest absolute Gasteiger partial charge is 0.109 e. The Bertz CT molecular complexity index is 394. The number of hydrogen-bond donors (Lipinski definition) is 1. The fraction of sp³-hybridized carbons (Fsp3) is 0.800. The van der Waals surface area contributed by atoms with E-state index in [2.05, 4.69) is 36.5 Å². The predicted molar refractivity (Wildman–Crippen MR) is 75.4 cm³/mol. The first kappa shape index (κ1) is 13.6. The molecule has 0 radical (unpaired) electrons. The summed E-state index contributed by atoms with van der Waals surface area (Å²) in [5.74, 6) is 2.88. The van der Waals surface area contributed by atoms with Crippen molar-refractivity contribution in [3.05, 3.63) is 17.7 Å². The summed E-state index contributed by atoms with van der Waals surface area (Å²) in [7, 11) is 0. The number of aromatic nitrogens is 2. The number of imidazole rings is 1. The van der Waals surface area contributed by atoms with E-state index in [9.17, 15) is 0 Å². The molecule has 2 N–H and O–H groups in total. The molecule has 1 aliphatic rings. The van der Waals surface area contributed by atoms with Crippen molar-refractivity contribution in [2.24, 2.45) is 17.6 Å². The molecule has 102 valence electrons. The first-order valence-electron chi connectivity index (χ1n) is 7.36. The van der Waals surface area contributed by atoms with Gasteiger partial charge in [0.05, 0.1) is 5.69 Å². The Balaban J connectivity index is 2.22. The van der Waals surface area contributed by atoms with Crippen LogP contribution < -0.4 is 5.73 Å². The van der Waals surface area contributed by atoms with E-state index in [1.54, 1.807) is 0 Å². The fourth-order valence-corrected chi connectivity index (χ4v) is 3.02. The second-order valence-corrected chi connectivity index (χ2v) is 6.05. The van der Waals surface area contributed by atoms with Crippen molar-refractivity contribution in [2.45, 2.75) is 65.5 Å². The molecule has 3 nitrogen and oxygen atoms in total. The molecular weight excluding hydrogens is 222 g/mol. The van der Waals surface area contributed by atoms with Gasteiger partial charge in [-0.05, 0) is 38.0 Å². The minimum atomic E-state index is 0.0384. The molecule has 0 spiro atoms. The van der Waals surface area contributed by atoms with Gasteiger partial charge in [0.25, 0.3) is 0 Å². The maximum Gasteiger partial charge on any atom is 0.109 e. The van der Waals surface area contributed by atoms with Crippen LogP contribution in [-0.4, -0.2) is 9.55 Å². The molecule has 4 unspecified atom stereocenters. The van der Waals surface area contributed by atoms with Crippen molar-refractivity contribution in [3.8, 4) is 0 Å². The van der Waals surface area contributed by atoms with Crippen LogP contribution in [0.4, 0.5) is 0 Å². The van der Waals surface area contributed by atoms with Gasteiger partial charge in [-0.1, -0.05) is 20.8 Å². The molecule has 0 saturated heterocycles. The Morgan fingerprint density at radius 2 is 2.11 bits per heavy atom. The lowest BCUT2D eigenvalue weighted by molar-refractivity contribution is 0.208. The fourth-order valence-electron chi connectivity index (χ4n) is 3.02. The molecule has 18 heavy (non-hydrogen) atoms. The minimum absolute atomic E-state index is 0.0384. The molecule has 1 saturated carbocycles. The van der Waals surface area contributed by atoms with Crippen LogP contribution in [0.25, 0.3) is 0 Å². The molecule has 0 aliphatic heterocycles. The summed E-state index contributed by atoms with van der Waals surface area (Å²) in [6.07, 6.45) is 7.08. The number of hydrogen-bond acceptors (Lipinski definition) is 2. The molecule has 1 heterocycles. The molecular formula is C15H27N3. The van der Waals surface area contributed by atoms with E-state index >= 15 is 0 Å². The lowest BCUT2D eigenvalue weighted by Gasteiger charge is -2.33. The van der Waals surface area contributed by atoms with Crippen LogP contribution >= 0.6 is 0 Å². The summed E-state index contributed by atoms with van der Waals surface area (Å²) in [4.78, 5) is 4.69. The quantitative estimate of drug-likeness (QED) is 0.891. The van der Waals surface area contributed by atoms with Crippen molar-refractivity contribution in [2.75, 3.05) is 0 Å². The van der Waals surface area contributed by atoms with Gasteiger partial charge in [-0.25, -0.2) is 4.98 Å². The van der Waals surface area contributed by atoms with Crippen molar-refractivity contribution >= 4 is 0 Å². The lowest BCUT2D eigenvalue weighted by atomic mass is 9.79. The maximum atomic E-state index is 5.95. The molecule has 0 bridgehead atoms. The van der Waals surface area contributed by atoms with E-state index in [1.807, 2.05) is 6.92 Å². The van der Waals surface area contributed by atoms with Crippen molar-refractivity contribution < 1.29 is 0 Å². The molecule has 2 rings (SSSR count). The summed E-state index contributed by atoms with van der Waals surface area (Å²) in [5, 5.41) is 0. The van der Waals surface area contributed by atoms with Gasteiger partial charge in [-0.3, -0.25) is 0 Å². The Hall–Kier alpha value is -0.830. The zero-order valence-corrected chi connectivity index (χ0v) is 12.2. The summed E-state index contributed by atoms with van der Waals surface area (Å²) in [6, 6.07) is 0.669. The topological polar surface area (TPSA) is 43.8 Å². The van der Waals surface area contributed by atoms with Crippen LogP contribution in [0.3, 0.4) is 0 Å². The number of nitrogens with zero attached hydrogens (tertiary/aromatic N) is 2. The SMILES string of the molecule is CCc1nc(C(C)N)cn1C1CCC(C)C(C)C1. The van der Waals surface area contributed by atoms with Gasteiger partial charge >= 0.3 is 0 Å². The van der Waals surface area contributed by atoms with Gasteiger partial charge in [0.15, 0.2) is 0 Å². The van der Waals surface area contributed by atoms with Gasteiger partial charge in [-0.15, -0.1) is 0 Å². The van der Waals surface area contributed by atoms with Gasteiger partial charge in [0, 0.05) is 24.7 Å². The molecule has 0 amide bonds. The molecule has 1 aromatic rings. The average molecular weight is 249 g/mol. The van der Waals surface area contributed by atoms with Gasteiger partial charge in [0.2, 0.25) is 0 Å². The standard InChI is InChI=1S/C15H27N3/c1-5-15-17-14(12(4)16)9-18(15)13-7-6-10(2)11(3)8-13/h9-13H,5-8,16H2,1-4H3. The summed E-state index contributed by atoms with van der Waals surface area (Å²) in [6.45, 7) is 8.95. The second kappa shape index (κ2) is 5.43. The van der Waals surface area contributed by atoms with Gasteiger partial charge < -0.3 is 10.3 Å². The predicted octanol–water partition coefficient (Wildman–Crippen LogP) is 3.46. The van der Waals surface area contributed by atoms with Crippen molar-refractivity contribution in [1.29, 1.82) is 0 Å². The van der Waals surface area contributed by atoms with E-state index in [4.69, 9.17) is 5.73 Å². The normalized spacial score (nSPS) is 30.4. The highest BCUT2D eigenvalue weighted by Crippen LogP contribution is 2.37. The average Bonchev–Trinajstić information content (AvgIpc) is 2.77. The highest BCUT2D eigenvalue weighted by Gasteiger charge is 2.27. The Kier molecular flexibility index (Phi) is 4.10. The van der Waals surface area contributed by atoms with E-state index in [1.165, 1.54) is 25.1 Å². The number of rotatable bonds is 3. The number of nitrogens with two attached hydrogens (primary N) is 1. The third kappa shape index (κ3) is 2.61. The first-order valence-corrected chi connectivity index (χ1v) is 7.36. The zero-order chi connectivity index (χ0) is 13.3. The molecule has 0 aromatic carbocycles. The summed E-state index contributed by atoms with van der Waals surface area (Å²) in [5.41, 5.74) is 6.99. The van der Waals surface area contributed by atoms with E-state index in [0.717, 1.165) is 24.0 Å². The largest absolute Gasteiger partial charge is 0.332 e. The molecule has 1 aromatic heterocycles. The van der Waals surface area contributed by atoms with Crippen LogP contribution in [0.15, 0.2) is 6.20 Å². The monoisotopic (exact) mass is 249 g/mol. The molecule has 3 heteroatoms. The minimum Gasteiger partial charge on any atom is -0.332 e. The van der Waals surface area contributed by atoms with Crippen LogP contribution in [0, 0.1) is 11.8 Å². The highest BCUT2D eigenvalue weighted by atomic mass is 15.1. The van der Waals surface area contributed by atoms with Crippen LogP contribution in [-0.2, 0) is 6.42 Å². The van der Waals surface area contributed by atoms with Gasteiger partial charge in [-0.2, -0.15) is 0 Å². The van der Waals surface area contributed by atoms with Gasteiger partial charge in [0.1, 0.15) is 5.82 Å². The van der Waals surface area contributed by atoms with E-state index < -0.39 is 0 Å². The zero-order valence-electron chi connectivity index (χ0n) is 12.2. The first-order chi connectivity index (χ1) is 8.52. The molecule has 4 atom stereocenters. The van der Waals surface area contributed by atoms with Crippen molar-refractivity contribution in [1.82, 2.24) is 9.55 Å². The van der Waals surface area contributed by atoms with E-state index in [0.29, 0.717) is 6.04 Å². The highest BCUT2D eigenvalue weighted by molar-refractivity contribution is 5.09.